The highest BCUT2D eigenvalue weighted by Gasteiger charge is 2.18. The fraction of sp³-hybridized carbons (Fsp3) is 0.462. The van der Waals surface area contributed by atoms with Crippen LogP contribution in [0.5, 0.6) is 0 Å². The maximum absolute atomic E-state index is 12.3. The number of carbonyl (C=O) groups excluding carboxylic acids is 1. The number of aryl methyl sites for hydroxylation is 1. The summed E-state index contributed by atoms with van der Waals surface area (Å²) in [6.07, 6.45) is 0.629. The van der Waals surface area contributed by atoms with E-state index in [-0.39, 0.29) is 10.8 Å². The first-order chi connectivity index (χ1) is 9.31. The summed E-state index contributed by atoms with van der Waals surface area (Å²) < 4.78 is 27.7. The van der Waals surface area contributed by atoms with Crippen molar-refractivity contribution in [3.05, 3.63) is 29.3 Å². The summed E-state index contributed by atoms with van der Waals surface area (Å²) in [7, 11) is -0.626. The zero-order chi connectivity index (χ0) is 15.3. The van der Waals surface area contributed by atoms with Crippen LogP contribution < -0.4 is 5.14 Å². The minimum absolute atomic E-state index is 0.0572. The third kappa shape index (κ3) is 4.03. The van der Waals surface area contributed by atoms with E-state index in [2.05, 4.69) is 0 Å². The topological polar surface area (TPSA) is 89.7 Å². The number of benzene rings is 1. The summed E-state index contributed by atoms with van der Waals surface area (Å²) in [4.78, 5) is 13.8. The van der Waals surface area contributed by atoms with Crippen molar-refractivity contribution < 1.29 is 17.9 Å². The maximum atomic E-state index is 12.3. The Morgan fingerprint density at radius 2 is 2.05 bits per heavy atom. The van der Waals surface area contributed by atoms with Gasteiger partial charge in [0.2, 0.25) is 10.0 Å². The Labute approximate surface area is 119 Å². The Morgan fingerprint density at radius 3 is 2.55 bits per heavy atom. The van der Waals surface area contributed by atoms with Crippen LogP contribution in [0.1, 0.15) is 22.8 Å². The number of nitrogens with zero attached hydrogens (tertiary/aromatic N) is 1. The molecule has 0 saturated carbocycles. The van der Waals surface area contributed by atoms with Crippen LogP contribution in [0.3, 0.4) is 0 Å². The molecule has 6 nitrogen and oxygen atoms in total. The normalized spacial score (nSPS) is 11.4. The molecule has 0 atom stereocenters. The van der Waals surface area contributed by atoms with Crippen molar-refractivity contribution in [3.8, 4) is 0 Å². The number of hydrogen-bond donors (Lipinski definition) is 1. The van der Waals surface area contributed by atoms with Crippen LogP contribution in [-0.2, 0) is 21.2 Å². The van der Waals surface area contributed by atoms with E-state index in [1.165, 1.54) is 17.0 Å². The summed E-state index contributed by atoms with van der Waals surface area (Å²) in [5.41, 5.74) is 1.14. The molecule has 0 unspecified atom stereocenters. The van der Waals surface area contributed by atoms with Crippen molar-refractivity contribution in [1.29, 1.82) is 0 Å². The molecule has 1 rings (SSSR count). The Bertz CT molecular complexity index is 584. The number of likely N-dealkylation sites (N-methyl/N-ethyl adjacent to an activating group) is 1. The Kier molecular flexibility index (Phi) is 5.67. The molecular weight excluding hydrogens is 280 g/mol. The van der Waals surface area contributed by atoms with Crippen molar-refractivity contribution in [2.24, 2.45) is 5.14 Å². The molecule has 0 bridgehead atoms. The zero-order valence-corrected chi connectivity index (χ0v) is 12.7. The van der Waals surface area contributed by atoms with Gasteiger partial charge in [-0.25, -0.2) is 13.6 Å². The summed E-state index contributed by atoms with van der Waals surface area (Å²) in [6.45, 7) is 2.74. The molecule has 0 fully saturated rings. The van der Waals surface area contributed by atoms with Crippen molar-refractivity contribution in [2.75, 3.05) is 27.3 Å². The van der Waals surface area contributed by atoms with Crippen LogP contribution >= 0.6 is 0 Å². The van der Waals surface area contributed by atoms with Gasteiger partial charge in [-0.15, -0.1) is 0 Å². The van der Waals surface area contributed by atoms with E-state index >= 15 is 0 Å². The second-order valence-electron chi connectivity index (χ2n) is 4.44. The third-order valence-electron chi connectivity index (χ3n) is 3.00. The molecule has 1 aromatic rings. The van der Waals surface area contributed by atoms with Gasteiger partial charge in [0.05, 0.1) is 11.5 Å². The van der Waals surface area contributed by atoms with E-state index in [0.717, 1.165) is 5.56 Å². The van der Waals surface area contributed by atoms with Crippen LogP contribution in [0, 0.1) is 0 Å². The first-order valence-corrected chi connectivity index (χ1v) is 7.76. The summed E-state index contributed by atoms with van der Waals surface area (Å²) in [5, 5.41) is 5.10. The third-order valence-corrected chi connectivity index (χ3v) is 3.91. The molecule has 0 radical (unpaired) electrons. The minimum atomic E-state index is -3.82. The van der Waals surface area contributed by atoms with Crippen LogP contribution in [0.2, 0.25) is 0 Å². The summed E-state index contributed by atoms with van der Waals surface area (Å²) >= 11 is 0. The van der Waals surface area contributed by atoms with Gasteiger partial charge in [0.1, 0.15) is 0 Å². The molecule has 0 aromatic heterocycles. The summed E-state index contributed by atoms with van der Waals surface area (Å²) in [5.74, 6) is -0.246. The van der Waals surface area contributed by atoms with Gasteiger partial charge in [-0.2, -0.15) is 0 Å². The van der Waals surface area contributed by atoms with Gasteiger partial charge < -0.3 is 9.64 Å². The predicted molar refractivity (Wildman–Crippen MR) is 76.0 cm³/mol. The standard InChI is InChI=1S/C13H20N2O4S/c1-4-10-5-6-11(20(14,17)18)9-12(10)13(16)15(2)7-8-19-3/h5-6,9H,4,7-8H2,1-3H3,(H2,14,17,18). The zero-order valence-electron chi connectivity index (χ0n) is 11.9. The van der Waals surface area contributed by atoms with E-state index in [4.69, 9.17) is 9.88 Å². The van der Waals surface area contributed by atoms with Crippen molar-refractivity contribution in [3.63, 3.8) is 0 Å². The second-order valence-corrected chi connectivity index (χ2v) is 6.00. The minimum Gasteiger partial charge on any atom is -0.383 e. The summed E-state index contributed by atoms with van der Waals surface area (Å²) in [6, 6.07) is 4.37. The second kappa shape index (κ2) is 6.83. The fourth-order valence-corrected chi connectivity index (χ4v) is 2.32. The number of nitrogens with two attached hydrogens (primary N) is 1. The highest BCUT2D eigenvalue weighted by molar-refractivity contribution is 7.89. The monoisotopic (exact) mass is 300 g/mol. The number of amides is 1. The largest absolute Gasteiger partial charge is 0.383 e. The lowest BCUT2D eigenvalue weighted by Gasteiger charge is -2.18. The van der Waals surface area contributed by atoms with Crippen molar-refractivity contribution in [1.82, 2.24) is 4.90 Å². The molecule has 0 aliphatic carbocycles. The van der Waals surface area contributed by atoms with E-state index < -0.39 is 10.0 Å². The first-order valence-electron chi connectivity index (χ1n) is 6.21. The van der Waals surface area contributed by atoms with Gasteiger partial charge in [0.15, 0.2) is 0 Å². The highest BCUT2D eigenvalue weighted by atomic mass is 32.2. The van der Waals surface area contributed by atoms with Crippen LogP contribution in [0.25, 0.3) is 0 Å². The van der Waals surface area contributed by atoms with Gasteiger partial charge in [-0.1, -0.05) is 13.0 Å². The fourth-order valence-electron chi connectivity index (χ4n) is 1.78. The average molecular weight is 300 g/mol. The van der Waals surface area contributed by atoms with Crippen LogP contribution in [0.4, 0.5) is 0 Å². The molecule has 20 heavy (non-hydrogen) atoms. The molecule has 0 saturated heterocycles. The number of sulfonamides is 1. The van der Waals surface area contributed by atoms with Crippen LogP contribution in [-0.4, -0.2) is 46.5 Å². The van der Waals surface area contributed by atoms with Crippen molar-refractivity contribution in [2.45, 2.75) is 18.2 Å². The van der Waals surface area contributed by atoms with E-state index in [1.807, 2.05) is 6.92 Å². The quantitative estimate of drug-likeness (QED) is 0.833. The molecule has 1 amide bonds. The molecule has 0 heterocycles. The predicted octanol–water partition coefficient (Wildman–Crippen LogP) is 0.615. The van der Waals surface area contributed by atoms with E-state index in [1.54, 1.807) is 20.2 Å². The lowest BCUT2D eigenvalue weighted by atomic mass is 10.0. The molecule has 0 spiro atoms. The average Bonchev–Trinajstić information content (AvgIpc) is 2.42. The molecule has 0 aliphatic rings. The number of carbonyl (C=O) groups is 1. The highest BCUT2D eigenvalue weighted by Crippen LogP contribution is 2.17. The van der Waals surface area contributed by atoms with Crippen LogP contribution in [0.15, 0.2) is 23.1 Å². The number of hydrogen-bond acceptors (Lipinski definition) is 4. The van der Waals surface area contributed by atoms with Gasteiger partial charge in [0.25, 0.3) is 5.91 Å². The van der Waals surface area contributed by atoms with Gasteiger partial charge >= 0.3 is 0 Å². The van der Waals surface area contributed by atoms with E-state index in [0.29, 0.717) is 25.1 Å². The molecule has 1 aromatic carbocycles. The lowest BCUT2D eigenvalue weighted by Crippen LogP contribution is -2.31. The smallest absolute Gasteiger partial charge is 0.253 e. The lowest BCUT2D eigenvalue weighted by molar-refractivity contribution is 0.0743. The Balaban J connectivity index is 3.17. The van der Waals surface area contributed by atoms with Gasteiger partial charge in [0, 0.05) is 26.3 Å². The Hall–Kier alpha value is -1.44. The number of primary sulfonamides is 1. The molecule has 112 valence electrons. The number of ether oxygens (including phenoxy) is 1. The SMILES string of the molecule is CCc1ccc(S(N)(=O)=O)cc1C(=O)N(C)CCOC. The van der Waals surface area contributed by atoms with E-state index in [9.17, 15) is 13.2 Å². The van der Waals surface area contributed by atoms with Gasteiger partial charge in [-0.3, -0.25) is 4.79 Å². The number of methoxy groups -OCH3 is 1. The van der Waals surface area contributed by atoms with Gasteiger partial charge in [-0.05, 0) is 24.1 Å². The molecule has 7 heteroatoms. The molecule has 0 aliphatic heterocycles. The molecule has 2 N–H and O–H groups in total. The number of rotatable bonds is 6. The molecular formula is C13H20N2O4S. The van der Waals surface area contributed by atoms with Crippen molar-refractivity contribution >= 4 is 15.9 Å². The maximum Gasteiger partial charge on any atom is 0.253 e. The Morgan fingerprint density at radius 1 is 1.40 bits per heavy atom. The first kappa shape index (κ1) is 16.6.